The van der Waals surface area contributed by atoms with Crippen molar-refractivity contribution in [2.45, 2.75) is 6.92 Å². The maximum atomic E-state index is 10.5. The number of carbonyl (C=O) groups is 1. The van der Waals surface area contributed by atoms with Gasteiger partial charge in [0.25, 0.3) is 0 Å². The van der Waals surface area contributed by atoms with E-state index in [0.29, 0.717) is 5.57 Å². The van der Waals surface area contributed by atoms with Crippen LogP contribution in [0.25, 0.3) is 6.08 Å². The summed E-state index contributed by atoms with van der Waals surface area (Å²) in [6.45, 7) is 1.56. The molecule has 1 aromatic carbocycles. The zero-order chi connectivity index (χ0) is 10.6. The Kier molecular flexibility index (Phi) is 3.29. The van der Waals surface area contributed by atoms with Crippen LogP contribution >= 0.6 is 0 Å². The molecule has 3 heteroatoms. The quantitative estimate of drug-likeness (QED) is 0.746. The number of benzene rings is 1. The molecule has 1 N–H and O–H groups in total. The van der Waals surface area contributed by atoms with Crippen molar-refractivity contribution in [2.24, 2.45) is 0 Å². The number of hydrogen-bond donors (Lipinski definition) is 1. The fourth-order valence-corrected chi connectivity index (χ4v) is 1.01. The van der Waals surface area contributed by atoms with Gasteiger partial charge < -0.3 is 9.84 Å². The summed E-state index contributed by atoms with van der Waals surface area (Å²) in [4.78, 5) is 10.5. The first-order valence-electron chi connectivity index (χ1n) is 4.19. The van der Waals surface area contributed by atoms with E-state index in [1.807, 2.05) is 12.1 Å². The lowest BCUT2D eigenvalue weighted by atomic mass is 10.1. The van der Waals surface area contributed by atoms with Gasteiger partial charge in [-0.3, -0.25) is 0 Å². The van der Waals surface area contributed by atoms with Gasteiger partial charge in [0.05, 0.1) is 7.11 Å². The van der Waals surface area contributed by atoms with Crippen LogP contribution in [-0.4, -0.2) is 18.2 Å². The molecule has 0 aliphatic heterocycles. The number of methoxy groups -OCH3 is 1. The van der Waals surface area contributed by atoms with Crippen LogP contribution in [0, 0.1) is 0 Å². The first-order chi connectivity index (χ1) is 6.63. The van der Waals surface area contributed by atoms with Gasteiger partial charge in [-0.05, 0) is 30.7 Å². The largest absolute Gasteiger partial charge is 0.497 e. The average Bonchev–Trinajstić information content (AvgIpc) is 2.19. The van der Waals surface area contributed by atoms with Crippen molar-refractivity contribution >= 4 is 12.0 Å². The van der Waals surface area contributed by atoms with Crippen molar-refractivity contribution < 1.29 is 14.6 Å². The Morgan fingerprint density at radius 3 is 2.36 bits per heavy atom. The second-order valence-electron chi connectivity index (χ2n) is 2.91. The van der Waals surface area contributed by atoms with Gasteiger partial charge >= 0.3 is 5.97 Å². The van der Waals surface area contributed by atoms with E-state index >= 15 is 0 Å². The molecular weight excluding hydrogens is 180 g/mol. The topological polar surface area (TPSA) is 46.5 Å². The number of aliphatic carboxylic acids is 1. The van der Waals surface area contributed by atoms with Crippen LogP contribution in [0.3, 0.4) is 0 Å². The van der Waals surface area contributed by atoms with Gasteiger partial charge in [0.1, 0.15) is 5.75 Å². The minimum absolute atomic E-state index is 0.315. The second-order valence-corrected chi connectivity index (χ2v) is 2.91. The number of hydrogen-bond acceptors (Lipinski definition) is 2. The predicted molar refractivity (Wildman–Crippen MR) is 54.3 cm³/mol. The lowest BCUT2D eigenvalue weighted by molar-refractivity contribution is -0.132. The van der Waals surface area contributed by atoms with Crippen LogP contribution < -0.4 is 4.74 Å². The standard InChI is InChI=1S/C11H12O3/c1-8(11(12)13)7-9-3-5-10(14-2)6-4-9/h3-7H,1-2H3,(H,12,13)/b8-7-. The molecule has 0 atom stereocenters. The van der Waals surface area contributed by atoms with E-state index in [1.165, 1.54) is 0 Å². The van der Waals surface area contributed by atoms with E-state index in [0.717, 1.165) is 11.3 Å². The molecule has 0 saturated carbocycles. The summed E-state index contributed by atoms with van der Waals surface area (Å²) in [7, 11) is 1.59. The SMILES string of the molecule is COc1ccc(/C=C(/C)C(=O)O)cc1. The molecule has 1 rings (SSSR count). The first-order valence-corrected chi connectivity index (χ1v) is 4.19. The smallest absolute Gasteiger partial charge is 0.331 e. The minimum Gasteiger partial charge on any atom is -0.497 e. The molecule has 0 unspecified atom stereocenters. The molecule has 0 spiro atoms. The number of rotatable bonds is 3. The molecule has 0 heterocycles. The lowest BCUT2D eigenvalue weighted by Crippen LogP contribution is -1.95. The summed E-state index contributed by atoms with van der Waals surface area (Å²) < 4.78 is 4.98. The summed E-state index contributed by atoms with van der Waals surface area (Å²) in [5.74, 6) is -0.143. The molecule has 0 aliphatic rings. The first kappa shape index (κ1) is 10.3. The Bertz CT molecular complexity index is 349. The maximum absolute atomic E-state index is 10.5. The highest BCUT2D eigenvalue weighted by molar-refractivity contribution is 5.91. The Morgan fingerprint density at radius 2 is 1.93 bits per heavy atom. The summed E-state index contributed by atoms with van der Waals surface area (Å²) in [6, 6.07) is 7.21. The highest BCUT2D eigenvalue weighted by Gasteiger charge is 1.99. The van der Waals surface area contributed by atoms with Crippen molar-refractivity contribution in [3.05, 3.63) is 35.4 Å². The fourth-order valence-electron chi connectivity index (χ4n) is 1.01. The summed E-state index contributed by atoms with van der Waals surface area (Å²) in [5, 5.41) is 8.65. The van der Waals surface area contributed by atoms with Gasteiger partial charge in [0, 0.05) is 5.57 Å². The predicted octanol–water partition coefficient (Wildman–Crippen LogP) is 2.18. The Labute approximate surface area is 82.6 Å². The van der Waals surface area contributed by atoms with Gasteiger partial charge in [-0.15, -0.1) is 0 Å². The average molecular weight is 192 g/mol. The number of carboxylic acid groups (broad SMARTS) is 1. The van der Waals surface area contributed by atoms with Crippen molar-refractivity contribution in [3.63, 3.8) is 0 Å². The minimum atomic E-state index is -0.902. The second kappa shape index (κ2) is 4.46. The van der Waals surface area contributed by atoms with Crippen LogP contribution in [0.1, 0.15) is 12.5 Å². The third-order valence-corrected chi connectivity index (χ3v) is 1.84. The Morgan fingerprint density at radius 1 is 1.36 bits per heavy atom. The van der Waals surface area contributed by atoms with E-state index in [9.17, 15) is 4.79 Å². The molecule has 1 aromatic rings. The van der Waals surface area contributed by atoms with Crippen molar-refractivity contribution in [2.75, 3.05) is 7.11 Å². The van der Waals surface area contributed by atoms with Crippen LogP contribution in [0.2, 0.25) is 0 Å². The van der Waals surface area contributed by atoms with E-state index in [-0.39, 0.29) is 0 Å². The Balaban J connectivity index is 2.88. The molecular formula is C11H12O3. The van der Waals surface area contributed by atoms with E-state index in [4.69, 9.17) is 9.84 Å². The fraction of sp³-hybridized carbons (Fsp3) is 0.182. The zero-order valence-corrected chi connectivity index (χ0v) is 8.15. The summed E-state index contributed by atoms with van der Waals surface area (Å²) in [6.07, 6.45) is 1.61. The summed E-state index contributed by atoms with van der Waals surface area (Å²) >= 11 is 0. The zero-order valence-electron chi connectivity index (χ0n) is 8.15. The molecule has 0 aromatic heterocycles. The van der Waals surface area contributed by atoms with Gasteiger partial charge in [0.15, 0.2) is 0 Å². The third kappa shape index (κ3) is 2.62. The molecule has 0 amide bonds. The van der Waals surface area contributed by atoms with Gasteiger partial charge in [-0.2, -0.15) is 0 Å². The monoisotopic (exact) mass is 192 g/mol. The highest BCUT2D eigenvalue weighted by Crippen LogP contribution is 2.13. The highest BCUT2D eigenvalue weighted by atomic mass is 16.5. The van der Waals surface area contributed by atoms with Crippen molar-refractivity contribution in [1.29, 1.82) is 0 Å². The number of carboxylic acids is 1. The van der Waals surface area contributed by atoms with Gasteiger partial charge in [0.2, 0.25) is 0 Å². The van der Waals surface area contributed by atoms with Gasteiger partial charge in [-0.25, -0.2) is 4.79 Å². The van der Waals surface area contributed by atoms with Crippen LogP contribution in [0.15, 0.2) is 29.8 Å². The molecule has 0 fully saturated rings. The molecule has 74 valence electrons. The molecule has 0 aliphatic carbocycles. The normalized spacial score (nSPS) is 11.1. The maximum Gasteiger partial charge on any atom is 0.331 e. The molecule has 3 nitrogen and oxygen atoms in total. The number of ether oxygens (including phenoxy) is 1. The summed E-state index contributed by atoms with van der Waals surface area (Å²) in [5.41, 5.74) is 1.17. The van der Waals surface area contributed by atoms with Gasteiger partial charge in [-0.1, -0.05) is 12.1 Å². The third-order valence-electron chi connectivity index (χ3n) is 1.84. The van der Waals surface area contributed by atoms with E-state index < -0.39 is 5.97 Å². The van der Waals surface area contributed by atoms with E-state index in [1.54, 1.807) is 32.2 Å². The van der Waals surface area contributed by atoms with Crippen LogP contribution in [0.5, 0.6) is 5.75 Å². The molecule has 14 heavy (non-hydrogen) atoms. The van der Waals surface area contributed by atoms with Crippen LogP contribution in [-0.2, 0) is 4.79 Å². The molecule has 0 bridgehead atoms. The van der Waals surface area contributed by atoms with Crippen LogP contribution in [0.4, 0.5) is 0 Å². The van der Waals surface area contributed by atoms with Crippen molar-refractivity contribution in [3.8, 4) is 5.75 Å². The van der Waals surface area contributed by atoms with Crippen molar-refractivity contribution in [1.82, 2.24) is 0 Å². The van der Waals surface area contributed by atoms with E-state index in [2.05, 4.69) is 0 Å². The Hall–Kier alpha value is -1.77. The molecule has 0 saturated heterocycles. The lowest BCUT2D eigenvalue weighted by Gasteiger charge is -1.99. The molecule has 0 radical (unpaired) electrons.